The number of fused-ring (bicyclic) bond motifs is 3. The van der Waals surface area contributed by atoms with Crippen LogP contribution in [0.15, 0.2) is 24.3 Å². The van der Waals surface area contributed by atoms with E-state index in [-0.39, 0.29) is 11.5 Å². The number of rotatable bonds is 3. The first-order valence-corrected chi connectivity index (χ1v) is 9.11. The highest BCUT2D eigenvalue weighted by Gasteiger charge is 2.39. The van der Waals surface area contributed by atoms with Crippen LogP contribution in [0.1, 0.15) is 39.2 Å². The fraction of sp³-hybridized carbons (Fsp3) is 0.571. The number of nitrogens with zero attached hydrogens (tertiary/aromatic N) is 1. The van der Waals surface area contributed by atoms with Gasteiger partial charge in [-0.1, -0.05) is 32.9 Å². The average Bonchev–Trinajstić information content (AvgIpc) is 2.60. The largest absolute Gasteiger partial charge is 0.448 e. The van der Waals surface area contributed by atoms with Gasteiger partial charge in [0, 0.05) is 24.2 Å². The standard InChI is InChI=1S/C21H28N2O2/c1-5-15-13-23-11-10-16(15)12-19(23)14-25-20(24)22-18-8-6-17(7-9-18)21(2,3)4/h1,6-9,15-16,19H,10-14H2,2-4H3,(H,22,24)/t15-,16-,19+/m0/s1. The molecule has 1 aromatic carbocycles. The maximum Gasteiger partial charge on any atom is 0.411 e. The van der Waals surface area contributed by atoms with E-state index in [4.69, 9.17) is 11.2 Å². The summed E-state index contributed by atoms with van der Waals surface area (Å²) in [6.45, 7) is 8.93. The van der Waals surface area contributed by atoms with Crippen LogP contribution < -0.4 is 5.32 Å². The third-order valence-electron chi connectivity index (χ3n) is 5.50. The Labute approximate surface area is 150 Å². The smallest absolute Gasteiger partial charge is 0.411 e. The summed E-state index contributed by atoms with van der Waals surface area (Å²) in [5.41, 5.74) is 2.10. The van der Waals surface area contributed by atoms with E-state index in [1.165, 1.54) is 5.56 Å². The Balaban J connectivity index is 1.48. The van der Waals surface area contributed by atoms with Gasteiger partial charge in [-0.15, -0.1) is 12.3 Å². The second-order valence-electron chi connectivity index (χ2n) is 8.26. The fourth-order valence-corrected chi connectivity index (χ4v) is 3.88. The molecule has 0 aliphatic carbocycles. The van der Waals surface area contributed by atoms with Crippen LogP contribution in [-0.4, -0.2) is 36.7 Å². The highest BCUT2D eigenvalue weighted by atomic mass is 16.5. The molecule has 1 N–H and O–H groups in total. The first-order chi connectivity index (χ1) is 11.9. The molecule has 1 aromatic rings. The Kier molecular flexibility index (Phi) is 5.06. The summed E-state index contributed by atoms with van der Waals surface area (Å²) in [5, 5.41) is 2.81. The molecule has 3 aliphatic heterocycles. The Bertz CT molecular complexity index is 654. The number of nitrogens with one attached hydrogen (secondary N) is 1. The molecule has 3 saturated heterocycles. The molecule has 1 amide bonds. The van der Waals surface area contributed by atoms with Crippen molar-refractivity contribution in [3.8, 4) is 12.3 Å². The van der Waals surface area contributed by atoms with Crippen molar-refractivity contribution in [1.82, 2.24) is 4.90 Å². The minimum atomic E-state index is -0.389. The van der Waals surface area contributed by atoms with Crippen LogP contribution in [0.4, 0.5) is 10.5 Å². The zero-order valence-corrected chi connectivity index (χ0v) is 15.4. The second kappa shape index (κ2) is 7.09. The van der Waals surface area contributed by atoms with Gasteiger partial charge in [0.05, 0.1) is 0 Å². The normalized spacial score (nSPS) is 28.2. The number of carbonyl (C=O) groups excluding carboxylic acids is 1. The van der Waals surface area contributed by atoms with Crippen LogP contribution in [0, 0.1) is 24.2 Å². The predicted molar refractivity (Wildman–Crippen MR) is 101 cm³/mol. The summed E-state index contributed by atoms with van der Waals surface area (Å²) in [5.74, 6) is 3.85. The highest BCUT2D eigenvalue weighted by molar-refractivity contribution is 5.84. The summed E-state index contributed by atoms with van der Waals surface area (Å²) >= 11 is 0. The van der Waals surface area contributed by atoms with Crippen LogP contribution in [0.3, 0.4) is 0 Å². The number of piperidine rings is 3. The minimum absolute atomic E-state index is 0.101. The third-order valence-corrected chi connectivity index (χ3v) is 5.50. The van der Waals surface area contributed by atoms with Gasteiger partial charge in [-0.05, 0) is 48.4 Å². The molecule has 134 valence electrons. The van der Waals surface area contributed by atoms with Crippen molar-refractivity contribution >= 4 is 11.8 Å². The first kappa shape index (κ1) is 17.8. The maximum absolute atomic E-state index is 12.1. The molecule has 3 fully saturated rings. The number of hydrogen-bond acceptors (Lipinski definition) is 3. The monoisotopic (exact) mass is 340 g/mol. The van der Waals surface area contributed by atoms with Gasteiger partial charge in [0.1, 0.15) is 6.61 Å². The van der Waals surface area contributed by atoms with Gasteiger partial charge in [-0.25, -0.2) is 4.79 Å². The number of ether oxygens (including phenoxy) is 1. The molecule has 25 heavy (non-hydrogen) atoms. The van der Waals surface area contributed by atoms with Crippen LogP contribution in [0.2, 0.25) is 0 Å². The molecule has 0 radical (unpaired) electrons. The number of benzene rings is 1. The molecular weight excluding hydrogens is 312 g/mol. The lowest BCUT2D eigenvalue weighted by molar-refractivity contribution is -0.00665. The molecule has 2 bridgehead atoms. The molecule has 4 atom stereocenters. The van der Waals surface area contributed by atoms with Crippen LogP contribution in [-0.2, 0) is 10.2 Å². The van der Waals surface area contributed by atoms with E-state index >= 15 is 0 Å². The van der Waals surface area contributed by atoms with E-state index in [1.54, 1.807) is 0 Å². The highest BCUT2D eigenvalue weighted by Crippen LogP contribution is 2.35. The van der Waals surface area contributed by atoms with Gasteiger partial charge < -0.3 is 4.74 Å². The molecule has 3 heterocycles. The van der Waals surface area contributed by atoms with Gasteiger partial charge >= 0.3 is 6.09 Å². The molecule has 4 heteroatoms. The summed E-state index contributed by atoms with van der Waals surface area (Å²) in [6, 6.07) is 8.23. The van der Waals surface area contributed by atoms with Gasteiger partial charge in [0.15, 0.2) is 0 Å². The van der Waals surface area contributed by atoms with Crippen molar-refractivity contribution < 1.29 is 9.53 Å². The number of carbonyl (C=O) groups is 1. The lowest BCUT2D eigenvalue weighted by atomic mass is 9.76. The SMILES string of the molecule is C#C[C@H]1CN2CC[C@H]1C[C@@H]2COC(=O)Nc1ccc(C(C)(C)C)cc1. The second-order valence-corrected chi connectivity index (χ2v) is 8.26. The van der Waals surface area contributed by atoms with Crippen LogP contribution in [0.5, 0.6) is 0 Å². The molecule has 0 aromatic heterocycles. The number of hydrogen-bond donors (Lipinski definition) is 1. The molecular formula is C21H28N2O2. The van der Waals surface area contributed by atoms with Crippen molar-refractivity contribution in [3.63, 3.8) is 0 Å². The van der Waals surface area contributed by atoms with Crippen molar-refractivity contribution in [3.05, 3.63) is 29.8 Å². The van der Waals surface area contributed by atoms with Crippen molar-refractivity contribution in [2.24, 2.45) is 11.8 Å². The Morgan fingerprint density at radius 2 is 2.08 bits per heavy atom. The fourth-order valence-electron chi connectivity index (χ4n) is 3.88. The van der Waals surface area contributed by atoms with Gasteiger partial charge in [0.25, 0.3) is 0 Å². The number of anilines is 1. The molecule has 0 saturated carbocycles. The van der Waals surface area contributed by atoms with Gasteiger partial charge in [0.2, 0.25) is 0 Å². The molecule has 0 spiro atoms. The minimum Gasteiger partial charge on any atom is -0.448 e. The van der Waals surface area contributed by atoms with Crippen molar-refractivity contribution in [1.29, 1.82) is 0 Å². The lowest BCUT2D eigenvalue weighted by Gasteiger charge is -2.48. The Morgan fingerprint density at radius 3 is 2.64 bits per heavy atom. The number of terminal acetylenes is 1. The van der Waals surface area contributed by atoms with E-state index < -0.39 is 0 Å². The zero-order valence-electron chi connectivity index (χ0n) is 15.4. The third kappa shape index (κ3) is 4.16. The maximum atomic E-state index is 12.1. The molecule has 3 aliphatic rings. The summed E-state index contributed by atoms with van der Waals surface area (Å²) in [6.07, 6.45) is 7.41. The molecule has 1 unspecified atom stereocenters. The summed E-state index contributed by atoms with van der Waals surface area (Å²) < 4.78 is 5.46. The van der Waals surface area contributed by atoms with Gasteiger partial charge in [-0.3, -0.25) is 10.2 Å². The van der Waals surface area contributed by atoms with Crippen molar-refractivity contribution in [2.45, 2.75) is 45.1 Å². The predicted octanol–water partition coefficient (Wildman–Crippen LogP) is 3.88. The van der Waals surface area contributed by atoms with E-state index in [1.807, 2.05) is 24.3 Å². The van der Waals surface area contributed by atoms with Crippen molar-refractivity contribution in [2.75, 3.05) is 25.0 Å². The first-order valence-electron chi connectivity index (χ1n) is 9.11. The summed E-state index contributed by atoms with van der Waals surface area (Å²) in [4.78, 5) is 14.5. The van der Waals surface area contributed by atoms with E-state index in [0.717, 1.165) is 31.6 Å². The number of amides is 1. The molecule has 4 nitrogen and oxygen atoms in total. The van der Waals surface area contributed by atoms with E-state index in [0.29, 0.717) is 24.5 Å². The van der Waals surface area contributed by atoms with Crippen LogP contribution in [0.25, 0.3) is 0 Å². The van der Waals surface area contributed by atoms with E-state index in [2.05, 4.69) is 36.9 Å². The quantitative estimate of drug-likeness (QED) is 0.849. The molecule has 4 rings (SSSR count). The van der Waals surface area contributed by atoms with E-state index in [9.17, 15) is 4.79 Å². The Hall–Kier alpha value is -1.99. The zero-order chi connectivity index (χ0) is 18.0. The topological polar surface area (TPSA) is 41.6 Å². The van der Waals surface area contributed by atoms with Crippen LogP contribution >= 0.6 is 0 Å². The summed E-state index contributed by atoms with van der Waals surface area (Å²) in [7, 11) is 0. The lowest BCUT2D eigenvalue weighted by Crippen LogP contribution is -2.54. The Morgan fingerprint density at radius 1 is 1.36 bits per heavy atom. The van der Waals surface area contributed by atoms with Gasteiger partial charge in [-0.2, -0.15) is 0 Å². The average molecular weight is 340 g/mol.